The average molecular weight is 410 g/mol. The fraction of sp³-hybridized carbons (Fsp3) is 0.217. The van der Waals surface area contributed by atoms with E-state index in [0.29, 0.717) is 40.5 Å². The minimum Gasteiger partial charge on any atom is -0.545 e. The van der Waals surface area contributed by atoms with Crippen molar-refractivity contribution in [2.45, 2.75) is 26.2 Å². The van der Waals surface area contributed by atoms with Crippen LogP contribution >= 0.6 is 11.6 Å². The lowest BCUT2D eigenvalue weighted by Crippen LogP contribution is -2.40. The van der Waals surface area contributed by atoms with Crippen LogP contribution in [0.1, 0.15) is 30.9 Å². The first kappa shape index (κ1) is 20.7. The van der Waals surface area contributed by atoms with Gasteiger partial charge >= 0.3 is 0 Å². The van der Waals surface area contributed by atoms with Crippen LogP contribution in [-0.2, 0) is 16.0 Å². The second kappa shape index (κ2) is 8.97. The molecule has 0 radical (unpaired) electrons. The summed E-state index contributed by atoms with van der Waals surface area (Å²) in [6, 6.07) is 16.7. The number of benzene rings is 2. The number of carboxylic acids is 1. The maximum Gasteiger partial charge on any atom is 0.249 e. The number of aliphatic carboxylic acids is 1. The zero-order valence-electron chi connectivity index (χ0n) is 16.3. The van der Waals surface area contributed by atoms with E-state index < -0.39 is 11.9 Å². The van der Waals surface area contributed by atoms with Crippen molar-refractivity contribution in [2.75, 3.05) is 6.54 Å². The molecule has 29 heavy (non-hydrogen) atoms. The number of rotatable bonds is 6. The van der Waals surface area contributed by atoms with E-state index in [1.165, 1.54) is 0 Å². The molecule has 0 aliphatic carbocycles. The van der Waals surface area contributed by atoms with Gasteiger partial charge in [0, 0.05) is 40.0 Å². The molecule has 1 atom stereocenters. The van der Waals surface area contributed by atoms with Crippen LogP contribution < -0.4 is 15.7 Å². The van der Waals surface area contributed by atoms with Gasteiger partial charge in [-0.05, 0) is 43.5 Å². The van der Waals surface area contributed by atoms with Crippen molar-refractivity contribution in [3.63, 3.8) is 0 Å². The number of amides is 1. The van der Waals surface area contributed by atoms with Gasteiger partial charge in [0.1, 0.15) is 0 Å². The highest BCUT2D eigenvalue weighted by Crippen LogP contribution is 2.38. The summed E-state index contributed by atoms with van der Waals surface area (Å²) < 4.78 is 0. The number of carbonyl (C=O) groups is 2. The molecule has 1 aliphatic heterocycles. The van der Waals surface area contributed by atoms with Crippen LogP contribution in [0.5, 0.6) is 0 Å². The highest BCUT2D eigenvalue weighted by Gasteiger charge is 2.33. The van der Waals surface area contributed by atoms with Gasteiger partial charge in [0.2, 0.25) is 5.91 Å². The van der Waals surface area contributed by atoms with Crippen LogP contribution in [0, 0.1) is 0 Å². The Bertz CT molecular complexity index is 996. The van der Waals surface area contributed by atoms with Gasteiger partial charge in [0.05, 0.1) is 5.97 Å². The topological polar surface area (TPSA) is 81.3 Å². The Morgan fingerprint density at radius 1 is 1.03 bits per heavy atom. The van der Waals surface area contributed by atoms with Gasteiger partial charge < -0.3 is 20.5 Å². The largest absolute Gasteiger partial charge is 0.545 e. The van der Waals surface area contributed by atoms with E-state index in [2.05, 4.69) is 10.6 Å². The van der Waals surface area contributed by atoms with E-state index in [1.807, 2.05) is 30.3 Å². The molecule has 0 saturated heterocycles. The minimum atomic E-state index is -1.32. The summed E-state index contributed by atoms with van der Waals surface area (Å²) in [5, 5.41) is 18.3. The molecule has 5 nitrogen and oxygen atoms in total. The average Bonchev–Trinajstić information content (AvgIpc) is 2.67. The van der Waals surface area contributed by atoms with Gasteiger partial charge in [-0.1, -0.05) is 54.1 Å². The lowest BCUT2D eigenvalue weighted by atomic mass is 9.80. The molecular formula is C23H22ClN2O3-. The van der Waals surface area contributed by atoms with Gasteiger partial charge in [-0.3, -0.25) is 4.79 Å². The van der Waals surface area contributed by atoms with E-state index in [-0.39, 0.29) is 11.5 Å². The van der Waals surface area contributed by atoms with E-state index in [9.17, 15) is 14.7 Å². The Morgan fingerprint density at radius 2 is 1.72 bits per heavy atom. The molecule has 150 valence electrons. The van der Waals surface area contributed by atoms with Crippen molar-refractivity contribution in [1.29, 1.82) is 0 Å². The van der Waals surface area contributed by atoms with E-state index in [1.54, 1.807) is 38.1 Å². The summed E-state index contributed by atoms with van der Waals surface area (Å²) in [7, 11) is 0. The Labute approximate surface area is 175 Å². The third-order valence-corrected chi connectivity index (χ3v) is 5.18. The molecule has 0 aromatic heterocycles. The van der Waals surface area contributed by atoms with Gasteiger partial charge in [0.15, 0.2) is 0 Å². The second-order valence-corrected chi connectivity index (χ2v) is 7.41. The minimum absolute atomic E-state index is 0.0334. The van der Waals surface area contributed by atoms with E-state index >= 15 is 0 Å². The van der Waals surface area contributed by atoms with Crippen molar-refractivity contribution >= 4 is 23.5 Å². The molecule has 1 aliphatic rings. The molecule has 2 aromatic carbocycles. The predicted molar refractivity (Wildman–Crippen MR) is 111 cm³/mol. The zero-order chi connectivity index (χ0) is 21.0. The summed E-state index contributed by atoms with van der Waals surface area (Å²) in [5.41, 5.74) is 3.18. The molecular weight excluding hydrogens is 388 g/mol. The van der Waals surface area contributed by atoms with Gasteiger partial charge in [-0.2, -0.15) is 0 Å². The third-order valence-electron chi connectivity index (χ3n) is 4.95. The molecule has 0 saturated carbocycles. The van der Waals surface area contributed by atoms with Crippen LogP contribution in [0.25, 0.3) is 0 Å². The first-order chi connectivity index (χ1) is 13.9. The Kier molecular flexibility index (Phi) is 6.39. The van der Waals surface area contributed by atoms with Gasteiger partial charge in [-0.15, -0.1) is 0 Å². The molecule has 0 bridgehead atoms. The monoisotopic (exact) mass is 409 g/mol. The fourth-order valence-corrected chi connectivity index (χ4v) is 3.84. The predicted octanol–water partition coefficient (Wildman–Crippen LogP) is 2.68. The maximum atomic E-state index is 13.1. The zero-order valence-corrected chi connectivity index (χ0v) is 17.0. The fourth-order valence-electron chi connectivity index (χ4n) is 3.65. The summed E-state index contributed by atoms with van der Waals surface area (Å²) in [6.07, 6.45) is 0.677. The van der Waals surface area contributed by atoms with E-state index in [0.717, 1.165) is 5.56 Å². The van der Waals surface area contributed by atoms with Crippen LogP contribution in [0.15, 0.2) is 77.1 Å². The summed E-state index contributed by atoms with van der Waals surface area (Å²) >= 11 is 6.13. The standard InChI is InChI=1S/C23H23ClN2O3/c1-14-19(22(27)25-12-11-16-7-4-3-5-8-16)21(17-9-6-10-18(24)13-17)20(23(28)29)15(2)26-14/h3-10,13,21,26H,11-12H2,1-2H3,(H,25,27)(H,28,29)/p-1. The van der Waals surface area contributed by atoms with Crippen molar-refractivity contribution in [1.82, 2.24) is 10.6 Å². The van der Waals surface area contributed by atoms with Crippen LogP contribution in [0.3, 0.4) is 0 Å². The normalized spacial score (nSPS) is 16.4. The number of carboxylic acid groups (broad SMARTS) is 1. The number of hydrogen-bond donors (Lipinski definition) is 2. The molecule has 1 heterocycles. The number of allylic oxidation sites excluding steroid dienone is 2. The quantitative estimate of drug-likeness (QED) is 0.768. The number of hydrogen-bond acceptors (Lipinski definition) is 4. The van der Waals surface area contributed by atoms with Crippen LogP contribution in [0.4, 0.5) is 0 Å². The Morgan fingerprint density at radius 3 is 2.38 bits per heavy atom. The van der Waals surface area contributed by atoms with Crippen molar-refractivity contribution in [2.24, 2.45) is 0 Å². The Balaban J connectivity index is 1.90. The van der Waals surface area contributed by atoms with Crippen molar-refractivity contribution < 1.29 is 14.7 Å². The van der Waals surface area contributed by atoms with Gasteiger partial charge in [-0.25, -0.2) is 0 Å². The SMILES string of the molecule is CC1=C(C(=O)[O-])C(c2cccc(Cl)c2)C(C(=O)NCCc2ccccc2)=C(C)N1. The molecule has 0 fully saturated rings. The highest BCUT2D eigenvalue weighted by atomic mass is 35.5. The lowest BCUT2D eigenvalue weighted by Gasteiger charge is -2.32. The number of halogens is 1. The van der Waals surface area contributed by atoms with Gasteiger partial charge in [0.25, 0.3) is 0 Å². The number of dihydropyridines is 1. The molecule has 3 rings (SSSR count). The van der Waals surface area contributed by atoms with Crippen molar-refractivity contribution in [3.8, 4) is 0 Å². The van der Waals surface area contributed by atoms with Crippen LogP contribution in [0.2, 0.25) is 5.02 Å². The first-order valence-electron chi connectivity index (χ1n) is 9.36. The first-order valence-corrected chi connectivity index (χ1v) is 9.73. The smallest absolute Gasteiger partial charge is 0.249 e. The number of carbonyl (C=O) groups excluding carboxylic acids is 2. The van der Waals surface area contributed by atoms with Crippen molar-refractivity contribution in [3.05, 3.63) is 93.3 Å². The lowest BCUT2D eigenvalue weighted by molar-refractivity contribution is -0.299. The summed E-state index contributed by atoms with van der Waals surface area (Å²) in [4.78, 5) is 25.0. The molecule has 6 heteroatoms. The maximum absolute atomic E-state index is 13.1. The van der Waals surface area contributed by atoms with Crippen LogP contribution in [-0.4, -0.2) is 18.4 Å². The second-order valence-electron chi connectivity index (χ2n) is 6.97. The number of nitrogens with one attached hydrogen (secondary N) is 2. The summed E-state index contributed by atoms with van der Waals surface area (Å²) in [5.74, 6) is -2.40. The molecule has 2 N–H and O–H groups in total. The summed E-state index contributed by atoms with van der Waals surface area (Å²) in [6.45, 7) is 3.86. The molecule has 1 unspecified atom stereocenters. The molecule has 1 amide bonds. The Hall–Kier alpha value is -3.05. The third kappa shape index (κ3) is 4.69. The highest BCUT2D eigenvalue weighted by molar-refractivity contribution is 6.30. The molecule has 2 aromatic rings. The van der Waals surface area contributed by atoms with E-state index in [4.69, 9.17) is 11.6 Å². The molecule has 0 spiro atoms.